The number of nitrogens with one attached hydrogen (secondary N) is 2. The van der Waals surface area contributed by atoms with Gasteiger partial charge in [-0.3, -0.25) is 19.6 Å². The maximum absolute atomic E-state index is 12.8. The number of hydrogen-bond acceptors (Lipinski definition) is 5. The molecule has 0 aliphatic carbocycles. The Balaban J connectivity index is 1.49. The molecule has 4 rings (SSSR count). The third-order valence-corrected chi connectivity index (χ3v) is 6.49. The van der Waals surface area contributed by atoms with Gasteiger partial charge in [0.05, 0.1) is 12.6 Å². The molecule has 1 aromatic heterocycles. The van der Waals surface area contributed by atoms with Crippen LogP contribution in [0.2, 0.25) is 0 Å². The van der Waals surface area contributed by atoms with E-state index in [1.54, 1.807) is 6.20 Å². The smallest absolute Gasteiger partial charge is 0.234 e. The van der Waals surface area contributed by atoms with Crippen molar-refractivity contribution >= 4 is 11.8 Å². The Morgan fingerprint density at radius 1 is 1.36 bits per heavy atom. The third-order valence-electron chi connectivity index (χ3n) is 6.49. The minimum Gasteiger partial charge on any atom is -0.353 e. The highest BCUT2D eigenvalue weighted by Crippen LogP contribution is 2.41. The standard InChI is InChI=1S/C20H32N6O2/c1-24(2)13-19(27)21-9-18-15-8-14(17-4-3-5-20(28)26(17)18)10-25(11-15)12-16-6-7-22-23-16/h6-7,14-15,17-18H,3-5,8-13H2,1-2H3,(H,21,27)(H,22,23)/t14-,15+,17+,18+/m1/s1. The van der Waals surface area contributed by atoms with Gasteiger partial charge in [-0.05, 0) is 51.3 Å². The molecule has 1 aromatic rings. The molecule has 3 aliphatic rings. The molecule has 4 atom stereocenters. The van der Waals surface area contributed by atoms with E-state index in [1.165, 1.54) is 0 Å². The molecule has 3 fully saturated rings. The minimum atomic E-state index is 0.0262. The van der Waals surface area contributed by atoms with Crippen molar-refractivity contribution in [3.05, 3.63) is 18.0 Å². The zero-order valence-electron chi connectivity index (χ0n) is 16.9. The second-order valence-electron chi connectivity index (χ2n) is 8.90. The monoisotopic (exact) mass is 388 g/mol. The highest BCUT2D eigenvalue weighted by atomic mass is 16.2. The van der Waals surface area contributed by atoms with Gasteiger partial charge in [0.15, 0.2) is 0 Å². The van der Waals surface area contributed by atoms with Crippen molar-refractivity contribution in [2.24, 2.45) is 11.8 Å². The average Bonchev–Trinajstić information content (AvgIpc) is 3.14. The van der Waals surface area contributed by atoms with Crippen molar-refractivity contribution in [3.8, 4) is 0 Å². The van der Waals surface area contributed by atoms with Gasteiger partial charge in [0, 0.05) is 50.5 Å². The Bertz CT molecular complexity index is 691. The number of piperidine rings is 3. The fourth-order valence-electron chi connectivity index (χ4n) is 5.44. The summed E-state index contributed by atoms with van der Waals surface area (Å²) in [5, 5.41) is 10.2. The van der Waals surface area contributed by atoms with Crippen LogP contribution in [0.5, 0.6) is 0 Å². The summed E-state index contributed by atoms with van der Waals surface area (Å²) in [6.07, 6.45) is 5.67. The van der Waals surface area contributed by atoms with E-state index in [-0.39, 0.29) is 17.9 Å². The largest absolute Gasteiger partial charge is 0.353 e. The van der Waals surface area contributed by atoms with Crippen molar-refractivity contribution in [2.45, 2.75) is 44.3 Å². The summed E-state index contributed by atoms with van der Waals surface area (Å²) in [6, 6.07) is 2.45. The zero-order chi connectivity index (χ0) is 19.7. The normalized spacial score (nSPS) is 30.4. The van der Waals surface area contributed by atoms with Gasteiger partial charge in [0.25, 0.3) is 0 Å². The summed E-state index contributed by atoms with van der Waals surface area (Å²) in [5.74, 6) is 1.23. The van der Waals surface area contributed by atoms with Crippen LogP contribution in [0.4, 0.5) is 0 Å². The molecule has 2 bridgehead atoms. The van der Waals surface area contributed by atoms with E-state index in [0.29, 0.717) is 37.4 Å². The number of aromatic nitrogens is 2. The maximum Gasteiger partial charge on any atom is 0.234 e. The second kappa shape index (κ2) is 8.21. The Kier molecular flexibility index (Phi) is 5.68. The topological polar surface area (TPSA) is 84.6 Å². The molecular weight excluding hydrogens is 356 g/mol. The van der Waals surface area contributed by atoms with E-state index in [9.17, 15) is 9.59 Å². The summed E-state index contributed by atoms with van der Waals surface area (Å²) in [5.41, 5.74) is 1.13. The van der Waals surface area contributed by atoms with Gasteiger partial charge in [0.2, 0.25) is 11.8 Å². The molecule has 0 radical (unpaired) electrons. The predicted molar refractivity (Wildman–Crippen MR) is 105 cm³/mol. The highest BCUT2D eigenvalue weighted by Gasteiger charge is 2.49. The van der Waals surface area contributed by atoms with E-state index >= 15 is 0 Å². The lowest BCUT2D eigenvalue weighted by atomic mass is 9.72. The van der Waals surface area contributed by atoms with Crippen LogP contribution < -0.4 is 5.32 Å². The number of rotatable bonds is 6. The number of carbonyl (C=O) groups excluding carboxylic acids is 2. The fourth-order valence-corrected chi connectivity index (χ4v) is 5.44. The van der Waals surface area contributed by atoms with Gasteiger partial charge in [-0.15, -0.1) is 0 Å². The summed E-state index contributed by atoms with van der Waals surface area (Å²) in [4.78, 5) is 31.5. The van der Waals surface area contributed by atoms with Crippen LogP contribution in [0, 0.1) is 11.8 Å². The van der Waals surface area contributed by atoms with Gasteiger partial charge >= 0.3 is 0 Å². The molecule has 8 nitrogen and oxygen atoms in total. The Labute approximate surface area is 166 Å². The number of hydrogen-bond donors (Lipinski definition) is 2. The number of likely N-dealkylation sites (tertiary alicyclic amines) is 1. The van der Waals surface area contributed by atoms with E-state index in [0.717, 1.165) is 44.6 Å². The lowest BCUT2D eigenvalue weighted by Gasteiger charge is -2.56. The summed E-state index contributed by atoms with van der Waals surface area (Å²) >= 11 is 0. The van der Waals surface area contributed by atoms with E-state index in [1.807, 2.05) is 25.1 Å². The van der Waals surface area contributed by atoms with E-state index < -0.39 is 0 Å². The molecule has 3 aliphatic heterocycles. The number of aromatic amines is 1. The van der Waals surface area contributed by atoms with E-state index in [2.05, 4.69) is 25.3 Å². The molecular formula is C20H32N6O2. The van der Waals surface area contributed by atoms with Crippen LogP contribution >= 0.6 is 0 Å². The lowest BCUT2D eigenvalue weighted by molar-refractivity contribution is -0.153. The minimum absolute atomic E-state index is 0.0262. The van der Waals surface area contributed by atoms with Gasteiger partial charge in [-0.25, -0.2) is 0 Å². The van der Waals surface area contributed by atoms with E-state index in [4.69, 9.17) is 0 Å². The molecule has 4 heterocycles. The molecule has 2 amide bonds. The molecule has 8 heteroatoms. The van der Waals surface area contributed by atoms with Crippen molar-refractivity contribution in [1.29, 1.82) is 0 Å². The van der Waals surface area contributed by atoms with Gasteiger partial charge in [-0.1, -0.05) is 0 Å². The fraction of sp³-hybridized carbons (Fsp3) is 0.750. The first-order chi connectivity index (χ1) is 13.5. The molecule has 28 heavy (non-hydrogen) atoms. The Morgan fingerprint density at radius 2 is 2.18 bits per heavy atom. The SMILES string of the molecule is CN(C)CC(=O)NC[C@H]1[C@H]2C[C@H](CN(Cc3ccn[nH]3)C2)[C@@H]2CCCC(=O)N21. The number of amides is 2. The average molecular weight is 389 g/mol. The lowest BCUT2D eigenvalue weighted by Crippen LogP contribution is -2.67. The number of nitrogens with zero attached hydrogens (tertiary/aromatic N) is 4. The molecule has 154 valence electrons. The summed E-state index contributed by atoms with van der Waals surface area (Å²) in [7, 11) is 3.78. The van der Waals surface area contributed by atoms with Crippen molar-refractivity contribution in [3.63, 3.8) is 0 Å². The quantitative estimate of drug-likeness (QED) is 0.732. The molecule has 0 aromatic carbocycles. The molecule has 0 unspecified atom stereocenters. The van der Waals surface area contributed by atoms with Crippen molar-refractivity contribution in [2.75, 3.05) is 40.3 Å². The van der Waals surface area contributed by atoms with Crippen LogP contribution in [-0.4, -0.2) is 89.1 Å². The van der Waals surface area contributed by atoms with Gasteiger partial charge < -0.3 is 15.1 Å². The van der Waals surface area contributed by atoms with Crippen molar-refractivity contribution in [1.82, 2.24) is 30.2 Å². The number of fused-ring (bicyclic) bond motifs is 4. The van der Waals surface area contributed by atoms with Crippen LogP contribution in [-0.2, 0) is 16.1 Å². The first kappa shape index (κ1) is 19.4. The Morgan fingerprint density at radius 3 is 2.93 bits per heavy atom. The number of carbonyl (C=O) groups is 2. The number of likely N-dealkylation sites (N-methyl/N-ethyl adjacent to an activating group) is 1. The molecule has 3 saturated heterocycles. The zero-order valence-corrected chi connectivity index (χ0v) is 16.9. The second-order valence-corrected chi connectivity index (χ2v) is 8.90. The van der Waals surface area contributed by atoms with Gasteiger partial charge in [0.1, 0.15) is 0 Å². The van der Waals surface area contributed by atoms with Crippen LogP contribution in [0.25, 0.3) is 0 Å². The highest BCUT2D eigenvalue weighted by molar-refractivity contribution is 5.79. The molecule has 2 N–H and O–H groups in total. The first-order valence-corrected chi connectivity index (χ1v) is 10.4. The molecule has 0 spiro atoms. The Hall–Kier alpha value is -1.93. The summed E-state index contributed by atoms with van der Waals surface area (Å²) in [6.45, 7) is 3.80. The van der Waals surface area contributed by atoms with Crippen LogP contribution in [0.3, 0.4) is 0 Å². The molecule has 0 saturated carbocycles. The van der Waals surface area contributed by atoms with Crippen LogP contribution in [0.15, 0.2) is 12.3 Å². The van der Waals surface area contributed by atoms with Crippen molar-refractivity contribution < 1.29 is 9.59 Å². The predicted octanol–water partition coefficient (Wildman–Crippen LogP) is 0.289. The first-order valence-electron chi connectivity index (χ1n) is 10.4. The number of H-pyrrole nitrogens is 1. The maximum atomic E-state index is 12.8. The van der Waals surface area contributed by atoms with Crippen LogP contribution in [0.1, 0.15) is 31.4 Å². The van der Waals surface area contributed by atoms with Gasteiger partial charge in [-0.2, -0.15) is 5.10 Å². The summed E-state index contributed by atoms with van der Waals surface area (Å²) < 4.78 is 0. The third kappa shape index (κ3) is 4.07.